The summed E-state index contributed by atoms with van der Waals surface area (Å²) in [6, 6.07) is 10.6. The van der Waals surface area contributed by atoms with E-state index in [2.05, 4.69) is 5.32 Å². The third-order valence-electron chi connectivity index (χ3n) is 6.47. The molecule has 2 atom stereocenters. The summed E-state index contributed by atoms with van der Waals surface area (Å²) in [5, 5.41) is 3.16. The van der Waals surface area contributed by atoms with Gasteiger partial charge in [0, 0.05) is 30.8 Å². The van der Waals surface area contributed by atoms with Crippen LogP contribution in [0.25, 0.3) is 0 Å². The van der Waals surface area contributed by atoms with E-state index in [1.807, 2.05) is 0 Å². The molecule has 2 aromatic rings. The molecule has 2 aliphatic rings. The van der Waals surface area contributed by atoms with E-state index in [1.54, 1.807) is 45.0 Å². The maximum Gasteiger partial charge on any atom is 0.416 e. The number of nitrogens with one attached hydrogen (secondary N) is 1. The van der Waals surface area contributed by atoms with Gasteiger partial charge in [0.2, 0.25) is 0 Å². The highest BCUT2D eigenvalue weighted by atomic mass is 19.4. The van der Waals surface area contributed by atoms with E-state index in [0.29, 0.717) is 16.8 Å². The molecule has 1 amide bonds. The first-order chi connectivity index (χ1) is 16.3. The fourth-order valence-corrected chi connectivity index (χ4v) is 4.79. The Morgan fingerprint density at radius 3 is 2.31 bits per heavy atom. The Morgan fingerprint density at radius 2 is 1.69 bits per heavy atom. The predicted octanol–water partition coefficient (Wildman–Crippen LogP) is 5.64. The number of ether oxygens (including phenoxy) is 1. The lowest BCUT2D eigenvalue weighted by Gasteiger charge is -2.33. The van der Waals surface area contributed by atoms with Crippen molar-refractivity contribution < 1.29 is 32.3 Å². The van der Waals surface area contributed by atoms with Crippen LogP contribution in [-0.4, -0.2) is 41.3 Å². The average molecular weight is 489 g/mol. The van der Waals surface area contributed by atoms with E-state index >= 15 is 0 Å². The lowest BCUT2D eigenvalue weighted by Crippen LogP contribution is -2.43. The molecule has 4 rings (SSSR count). The molecule has 2 aromatic carbocycles. The fraction of sp³-hybridized carbons (Fsp3) is 0.423. The van der Waals surface area contributed by atoms with Gasteiger partial charge in [0.05, 0.1) is 11.6 Å². The van der Waals surface area contributed by atoms with E-state index in [9.17, 15) is 27.6 Å². The number of hydrogen-bond donors (Lipinski definition) is 1. The summed E-state index contributed by atoms with van der Waals surface area (Å²) in [4.78, 5) is 41.3. The molecule has 1 aliphatic carbocycles. The van der Waals surface area contributed by atoms with Crippen LogP contribution in [0.15, 0.2) is 48.5 Å². The lowest BCUT2D eigenvalue weighted by molar-refractivity contribution is -0.137. The molecule has 1 aliphatic heterocycles. The quantitative estimate of drug-likeness (QED) is 0.554. The van der Waals surface area contributed by atoms with Crippen LogP contribution in [0.3, 0.4) is 0 Å². The van der Waals surface area contributed by atoms with Crippen LogP contribution in [0.2, 0.25) is 0 Å². The summed E-state index contributed by atoms with van der Waals surface area (Å²) in [5.74, 6) is -0.650. The summed E-state index contributed by atoms with van der Waals surface area (Å²) in [7, 11) is 0. The molecule has 186 valence electrons. The van der Waals surface area contributed by atoms with Gasteiger partial charge in [-0.3, -0.25) is 9.59 Å². The van der Waals surface area contributed by atoms with Gasteiger partial charge in [-0.2, -0.15) is 13.2 Å². The van der Waals surface area contributed by atoms with Gasteiger partial charge in [0.25, 0.3) is 0 Å². The SMILES string of the molecule is CC(C)(C)OC(=O)N1CCC(=O)[C@@]2(CC1)C(=O)c1ccccc1[C@H]2Nc1ccc(C(F)(F)F)cc1. The number of likely N-dealkylation sites (tertiary alicyclic amines) is 1. The van der Waals surface area contributed by atoms with Crippen molar-refractivity contribution in [2.75, 3.05) is 18.4 Å². The lowest BCUT2D eigenvalue weighted by atomic mass is 9.72. The minimum Gasteiger partial charge on any atom is -0.444 e. The number of amides is 1. The third-order valence-corrected chi connectivity index (χ3v) is 6.47. The number of rotatable bonds is 2. The third kappa shape index (κ3) is 4.63. The number of carbonyl (C=O) groups excluding carboxylic acids is 3. The Hall–Kier alpha value is -3.36. The highest BCUT2D eigenvalue weighted by molar-refractivity contribution is 6.19. The first-order valence-corrected chi connectivity index (χ1v) is 11.4. The zero-order chi connectivity index (χ0) is 25.6. The molecule has 1 N–H and O–H groups in total. The van der Waals surface area contributed by atoms with Gasteiger partial charge in [-0.25, -0.2) is 4.79 Å². The number of anilines is 1. The Bertz CT molecular complexity index is 1150. The Labute approximate surface area is 201 Å². The van der Waals surface area contributed by atoms with Crippen LogP contribution in [0.4, 0.5) is 23.7 Å². The minimum atomic E-state index is -4.47. The molecule has 1 fully saturated rings. The average Bonchev–Trinajstić information content (AvgIpc) is 2.89. The number of halogens is 3. The first-order valence-electron chi connectivity index (χ1n) is 11.4. The van der Waals surface area contributed by atoms with Crippen LogP contribution in [-0.2, 0) is 15.7 Å². The monoisotopic (exact) mass is 488 g/mol. The topological polar surface area (TPSA) is 75.7 Å². The molecule has 0 unspecified atom stereocenters. The Balaban J connectivity index is 1.68. The van der Waals surface area contributed by atoms with Crippen molar-refractivity contribution in [3.8, 4) is 0 Å². The van der Waals surface area contributed by atoms with Gasteiger partial charge in [-0.1, -0.05) is 24.3 Å². The second-order valence-electron chi connectivity index (χ2n) is 9.93. The Kier molecular flexibility index (Phi) is 6.15. The summed E-state index contributed by atoms with van der Waals surface area (Å²) >= 11 is 0. The summed E-state index contributed by atoms with van der Waals surface area (Å²) in [6.45, 7) is 5.49. The van der Waals surface area contributed by atoms with E-state index in [1.165, 1.54) is 17.0 Å². The van der Waals surface area contributed by atoms with Crippen molar-refractivity contribution in [2.45, 2.75) is 51.4 Å². The molecular formula is C26H27F3N2O4. The number of nitrogens with zero attached hydrogens (tertiary/aromatic N) is 1. The van der Waals surface area contributed by atoms with Gasteiger partial charge in [-0.15, -0.1) is 0 Å². The number of Topliss-reactive ketones (excluding diaryl/α,β-unsaturated/α-hetero) is 2. The summed E-state index contributed by atoms with van der Waals surface area (Å²) in [5.41, 5.74) is -1.63. The molecule has 35 heavy (non-hydrogen) atoms. The number of fused-ring (bicyclic) bond motifs is 1. The Morgan fingerprint density at radius 1 is 1.03 bits per heavy atom. The van der Waals surface area contributed by atoms with E-state index in [4.69, 9.17) is 4.74 Å². The van der Waals surface area contributed by atoms with Crippen molar-refractivity contribution in [3.05, 3.63) is 65.2 Å². The normalized spacial score (nSPS) is 22.7. The molecular weight excluding hydrogens is 461 g/mol. The molecule has 0 bridgehead atoms. The molecule has 0 aromatic heterocycles. The van der Waals surface area contributed by atoms with Gasteiger partial charge in [-0.05, 0) is 57.0 Å². The fourth-order valence-electron chi connectivity index (χ4n) is 4.79. The number of benzene rings is 2. The van der Waals surface area contributed by atoms with Crippen molar-refractivity contribution >= 4 is 23.3 Å². The van der Waals surface area contributed by atoms with E-state index in [-0.39, 0.29) is 37.5 Å². The summed E-state index contributed by atoms with van der Waals surface area (Å²) in [6.07, 6.45) is -5.00. The molecule has 1 heterocycles. The van der Waals surface area contributed by atoms with Crippen molar-refractivity contribution in [1.29, 1.82) is 0 Å². The highest BCUT2D eigenvalue weighted by Crippen LogP contribution is 2.51. The number of hydrogen-bond acceptors (Lipinski definition) is 5. The van der Waals surface area contributed by atoms with Crippen molar-refractivity contribution in [2.24, 2.45) is 5.41 Å². The standard InChI is InChI=1S/C26H27F3N2O4/c1-24(2,3)35-23(34)31-14-12-20(32)25(13-15-31)21(18-6-4-5-7-19(18)22(25)33)30-17-10-8-16(9-11-17)26(27,28)29/h4-11,21,30H,12-15H2,1-3H3/t21-,25-/m1/s1. The summed E-state index contributed by atoms with van der Waals surface area (Å²) < 4.78 is 44.5. The largest absolute Gasteiger partial charge is 0.444 e. The smallest absolute Gasteiger partial charge is 0.416 e. The zero-order valence-electron chi connectivity index (χ0n) is 19.7. The van der Waals surface area contributed by atoms with E-state index in [0.717, 1.165) is 12.1 Å². The maximum absolute atomic E-state index is 13.7. The molecule has 9 heteroatoms. The van der Waals surface area contributed by atoms with Crippen LogP contribution in [0.5, 0.6) is 0 Å². The van der Waals surface area contributed by atoms with Gasteiger partial charge in [0.15, 0.2) is 11.6 Å². The van der Waals surface area contributed by atoms with Crippen molar-refractivity contribution in [1.82, 2.24) is 4.90 Å². The molecule has 0 radical (unpaired) electrons. The molecule has 0 saturated carbocycles. The van der Waals surface area contributed by atoms with E-state index < -0.39 is 34.9 Å². The highest BCUT2D eigenvalue weighted by Gasteiger charge is 2.58. The second kappa shape index (κ2) is 8.70. The van der Waals surface area contributed by atoms with Crippen LogP contribution in [0, 0.1) is 5.41 Å². The van der Waals surface area contributed by atoms with Gasteiger partial charge < -0.3 is 15.0 Å². The molecule has 1 spiro atoms. The molecule has 6 nitrogen and oxygen atoms in total. The second-order valence-corrected chi connectivity index (χ2v) is 9.93. The number of alkyl halides is 3. The van der Waals surface area contributed by atoms with Gasteiger partial charge >= 0.3 is 12.3 Å². The predicted molar refractivity (Wildman–Crippen MR) is 123 cm³/mol. The number of ketones is 2. The minimum absolute atomic E-state index is 0.0375. The van der Waals surface area contributed by atoms with Crippen LogP contribution in [0.1, 0.15) is 61.1 Å². The first kappa shape index (κ1) is 24.8. The number of carbonyl (C=O) groups is 3. The van der Waals surface area contributed by atoms with Crippen molar-refractivity contribution in [3.63, 3.8) is 0 Å². The van der Waals surface area contributed by atoms with Crippen LogP contribution < -0.4 is 5.32 Å². The zero-order valence-corrected chi connectivity index (χ0v) is 19.7. The van der Waals surface area contributed by atoms with Crippen LogP contribution >= 0.6 is 0 Å². The molecule has 1 saturated heterocycles. The maximum atomic E-state index is 13.7. The van der Waals surface area contributed by atoms with Gasteiger partial charge in [0.1, 0.15) is 11.0 Å².